The Kier molecular flexibility index (Phi) is 11.8. The van der Waals surface area contributed by atoms with Crippen molar-refractivity contribution >= 4 is 33.4 Å². The number of benzene rings is 5. The number of carbonyl (C=O) groups excluding carboxylic acids is 2. The van der Waals surface area contributed by atoms with Crippen LogP contribution in [0.3, 0.4) is 0 Å². The fraction of sp³-hybridized carbons (Fsp3) is 0.174. The number of hydrogen-bond donors (Lipinski definition) is 2. The first-order valence-electron chi connectivity index (χ1n) is 19.6. The van der Waals surface area contributed by atoms with Crippen LogP contribution in [0.25, 0.3) is 11.4 Å². The second kappa shape index (κ2) is 17.8. The molecule has 0 bridgehead atoms. The van der Waals surface area contributed by atoms with Gasteiger partial charge in [-0.3, -0.25) is 9.59 Å². The Morgan fingerprint density at radius 2 is 0.934 bits per heavy atom. The number of anilines is 2. The minimum absolute atomic E-state index is 0.278. The molecule has 2 N–H and O–H groups in total. The van der Waals surface area contributed by atoms with Gasteiger partial charge < -0.3 is 29.2 Å². The van der Waals surface area contributed by atoms with Crippen molar-refractivity contribution in [3.8, 4) is 22.9 Å². The molecule has 14 nitrogen and oxygen atoms in total. The van der Waals surface area contributed by atoms with Gasteiger partial charge in [-0.15, -0.1) is 0 Å². The van der Waals surface area contributed by atoms with Crippen molar-refractivity contribution in [1.82, 2.24) is 29.7 Å². The van der Waals surface area contributed by atoms with Gasteiger partial charge in [0.2, 0.25) is 11.8 Å². The number of imidazole rings is 2. The molecule has 0 aliphatic carbocycles. The molecule has 2 atom stereocenters. The summed E-state index contributed by atoms with van der Waals surface area (Å²) < 4.78 is 45.4. The third kappa shape index (κ3) is 8.82. The quantitative estimate of drug-likeness (QED) is 0.118. The fourth-order valence-electron chi connectivity index (χ4n) is 7.51. The van der Waals surface area contributed by atoms with Gasteiger partial charge in [0.05, 0.1) is 37.7 Å². The number of nitrogens with one attached hydrogen (secondary N) is 2. The topological polar surface area (TPSA) is 153 Å². The van der Waals surface area contributed by atoms with E-state index in [-0.39, 0.29) is 11.4 Å². The van der Waals surface area contributed by atoms with Crippen molar-refractivity contribution in [3.63, 3.8) is 0 Å². The van der Waals surface area contributed by atoms with Crippen molar-refractivity contribution in [2.24, 2.45) is 0 Å². The maximum Gasteiger partial charge on any atom is 0.327 e. The lowest BCUT2D eigenvalue weighted by Gasteiger charge is -2.25. The molecular formula is C46H44N8O6S. The SMILES string of the molecule is COc1ccc(-n2ccnc2C(Cc2ccccc2)NC(=O)CN2c3ccccc3N(CC(=O)N[C@@H](Cc3ccccc3)c3nccn3-c3ccc(OC)cc3)S2(=O)=O)cc1. The number of rotatable bonds is 16. The summed E-state index contributed by atoms with van der Waals surface area (Å²) in [6, 6.07) is 39.6. The molecule has 310 valence electrons. The zero-order valence-corrected chi connectivity index (χ0v) is 34.4. The van der Waals surface area contributed by atoms with Crippen LogP contribution in [-0.4, -0.2) is 66.6 Å². The van der Waals surface area contributed by atoms with Gasteiger partial charge >= 0.3 is 10.2 Å². The van der Waals surface area contributed by atoms with Gasteiger partial charge in [-0.05, 0) is 84.6 Å². The van der Waals surface area contributed by atoms with Crippen LogP contribution in [0, 0.1) is 0 Å². The maximum atomic E-state index is 14.5. The molecule has 8 rings (SSSR count). The van der Waals surface area contributed by atoms with Crippen LogP contribution >= 0.6 is 0 Å². The smallest absolute Gasteiger partial charge is 0.327 e. The number of para-hydroxylation sites is 2. The molecule has 15 heteroatoms. The summed E-state index contributed by atoms with van der Waals surface area (Å²) in [5, 5.41) is 6.15. The molecule has 0 fully saturated rings. The Bertz CT molecular complexity index is 2530. The second-order valence-corrected chi connectivity index (χ2v) is 16.1. The molecule has 1 aliphatic heterocycles. The van der Waals surface area contributed by atoms with Crippen LogP contribution < -0.4 is 28.7 Å². The Labute approximate surface area is 354 Å². The molecule has 1 aliphatic rings. The van der Waals surface area contributed by atoms with Gasteiger partial charge in [-0.25, -0.2) is 18.6 Å². The summed E-state index contributed by atoms with van der Waals surface area (Å²) in [5.41, 5.74) is 4.07. The monoisotopic (exact) mass is 836 g/mol. The molecule has 0 spiro atoms. The molecule has 0 saturated heterocycles. The van der Waals surface area contributed by atoms with Crippen LogP contribution in [-0.2, 0) is 32.6 Å². The van der Waals surface area contributed by atoms with Gasteiger partial charge in [-0.1, -0.05) is 72.8 Å². The Balaban J connectivity index is 1.03. The first-order chi connectivity index (χ1) is 29.7. The predicted octanol–water partition coefficient (Wildman–Crippen LogP) is 6.15. The lowest BCUT2D eigenvalue weighted by Crippen LogP contribution is -2.47. The number of nitrogens with zero attached hydrogens (tertiary/aromatic N) is 6. The molecule has 7 aromatic rings. The number of fused-ring (bicyclic) bond motifs is 1. The summed E-state index contributed by atoms with van der Waals surface area (Å²) in [6.45, 7) is -1.08. The molecule has 2 amide bonds. The van der Waals surface area contributed by atoms with Crippen molar-refractivity contribution in [1.29, 1.82) is 0 Å². The van der Waals surface area contributed by atoms with E-state index in [1.54, 1.807) is 50.9 Å². The van der Waals surface area contributed by atoms with E-state index in [1.165, 1.54) is 0 Å². The first-order valence-corrected chi connectivity index (χ1v) is 21.0. The number of methoxy groups -OCH3 is 2. The third-order valence-corrected chi connectivity index (χ3v) is 12.2. The number of ether oxygens (including phenoxy) is 2. The predicted molar refractivity (Wildman–Crippen MR) is 232 cm³/mol. The van der Waals surface area contributed by atoms with E-state index < -0.39 is 47.2 Å². The zero-order valence-electron chi connectivity index (χ0n) is 33.5. The molecule has 5 aromatic carbocycles. The van der Waals surface area contributed by atoms with E-state index in [1.807, 2.05) is 131 Å². The van der Waals surface area contributed by atoms with Crippen molar-refractivity contribution < 1.29 is 27.5 Å². The minimum Gasteiger partial charge on any atom is -0.497 e. The average Bonchev–Trinajstić information content (AvgIpc) is 4.03. The highest BCUT2D eigenvalue weighted by molar-refractivity contribution is 7.94. The number of aromatic nitrogens is 4. The van der Waals surface area contributed by atoms with Crippen LogP contribution in [0.15, 0.2) is 158 Å². The van der Waals surface area contributed by atoms with Crippen LogP contribution in [0.5, 0.6) is 11.5 Å². The Morgan fingerprint density at radius 1 is 0.557 bits per heavy atom. The van der Waals surface area contributed by atoms with E-state index in [0.29, 0.717) is 36.0 Å². The normalized spacial score (nSPS) is 13.9. The van der Waals surface area contributed by atoms with Crippen molar-refractivity contribution in [2.75, 3.05) is 35.9 Å². The largest absolute Gasteiger partial charge is 0.497 e. The Morgan fingerprint density at radius 3 is 1.31 bits per heavy atom. The Hall–Kier alpha value is -7.39. The molecule has 61 heavy (non-hydrogen) atoms. The molecule has 0 saturated carbocycles. The van der Waals surface area contributed by atoms with Crippen molar-refractivity contribution in [3.05, 3.63) is 181 Å². The molecular weight excluding hydrogens is 793 g/mol. The zero-order chi connectivity index (χ0) is 42.3. The van der Waals surface area contributed by atoms with Gasteiger partial charge in [-0.2, -0.15) is 8.42 Å². The van der Waals surface area contributed by atoms with E-state index in [0.717, 1.165) is 31.1 Å². The van der Waals surface area contributed by atoms with Crippen LogP contribution in [0.2, 0.25) is 0 Å². The lowest BCUT2D eigenvalue weighted by atomic mass is 10.0. The first kappa shape index (κ1) is 40.4. The minimum atomic E-state index is -4.41. The van der Waals surface area contributed by atoms with Gasteiger partial charge in [0, 0.05) is 36.2 Å². The maximum absolute atomic E-state index is 14.5. The summed E-state index contributed by atoms with van der Waals surface area (Å²) >= 11 is 0. The lowest BCUT2D eigenvalue weighted by molar-refractivity contribution is -0.121. The second-order valence-electron chi connectivity index (χ2n) is 14.3. The highest BCUT2D eigenvalue weighted by Gasteiger charge is 2.42. The number of hydrogen-bond acceptors (Lipinski definition) is 8. The molecule has 1 unspecified atom stereocenters. The summed E-state index contributed by atoms with van der Waals surface area (Å²) in [5.74, 6) is 1.40. The van der Waals surface area contributed by atoms with E-state index in [9.17, 15) is 18.0 Å². The summed E-state index contributed by atoms with van der Waals surface area (Å²) in [7, 11) is -1.21. The van der Waals surface area contributed by atoms with Gasteiger partial charge in [0.25, 0.3) is 0 Å². The third-order valence-electron chi connectivity index (χ3n) is 10.4. The van der Waals surface area contributed by atoms with Crippen LogP contribution in [0.4, 0.5) is 11.4 Å². The molecule has 2 aromatic heterocycles. The summed E-state index contributed by atoms with van der Waals surface area (Å²) in [4.78, 5) is 37.5. The van der Waals surface area contributed by atoms with E-state index in [2.05, 4.69) is 20.6 Å². The van der Waals surface area contributed by atoms with Crippen molar-refractivity contribution in [2.45, 2.75) is 24.9 Å². The molecule has 0 radical (unpaired) electrons. The number of carbonyl (C=O) groups is 2. The van der Waals surface area contributed by atoms with Crippen LogP contribution in [0.1, 0.15) is 34.9 Å². The van der Waals surface area contributed by atoms with E-state index >= 15 is 0 Å². The highest BCUT2D eigenvalue weighted by Crippen LogP contribution is 2.40. The molecule has 3 heterocycles. The highest BCUT2D eigenvalue weighted by atomic mass is 32.2. The van der Waals surface area contributed by atoms with E-state index in [4.69, 9.17) is 9.47 Å². The fourth-order valence-corrected chi connectivity index (χ4v) is 9.11. The standard InChI is InChI=1S/C46H44N8O6S/c1-59-37-21-17-35(18-22-37)51-27-25-47-45(51)39(29-33-11-5-3-6-12-33)49-43(55)31-53-41-15-9-10-16-42(41)54(61(53,57)58)32-44(56)50-40(30-34-13-7-4-8-14-34)46-48-26-28-52(46)36-19-23-38(60-2)24-20-36/h3-28,39-40H,29-32H2,1-2H3,(H,49,55)(H,50,56)/t39-,40?/m0/s1. The van der Waals surface area contributed by atoms with Gasteiger partial charge in [0.1, 0.15) is 36.2 Å². The summed E-state index contributed by atoms with van der Waals surface area (Å²) in [6.07, 6.45) is 7.70. The average molecular weight is 837 g/mol. The van der Waals surface area contributed by atoms with Gasteiger partial charge in [0.15, 0.2) is 0 Å². The number of amides is 2.